The maximum absolute atomic E-state index is 4.37. The molecule has 1 aliphatic rings. The number of guanidine groups is 1. The van der Waals surface area contributed by atoms with E-state index >= 15 is 0 Å². The lowest BCUT2D eigenvalue weighted by Crippen LogP contribution is -2.55. The Kier molecular flexibility index (Phi) is 6.16. The first-order valence-electron chi connectivity index (χ1n) is 9.48. The zero-order valence-corrected chi connectivity index (χ0v) is 16.5. The van der Waals surface area contributed by atoms with E-state index in [2.05, 4.69) is 75.7 Å². The third-order valence-corrected chi connectivity index (χ3v) is 5.40. The Morgan fingerprint density at radius 2 is 2.04 bits per heavy atom. The van der Waals surface area contributed by atoms with Crippen molar-refractivity contribution < 1.29 is 0 Å². The van der Waals surface area contributed by atoms with Gasteiger partial charge in [-0.1, -0.05) is 18.2 Å². The third-order valence-electron chi connectivity index (χ3n) is 5.40. The summed E-state index contributed by atoms with van der Waals surface area (Å²) in [6.07, 6.45) is 0.975. The number of hydrogen-bond donors (Lipinski definition) is 3. The van der Waals surface area contributed by atoms with Gasteiger partial charge in [-0.05, 0) is 39.1 Å². The highest BCUT2D eigenvalue weighted by Gasteiger charge is 2.22. The number of benzene rings is 1. The molecule has 6 heteroatoms. The van der Waals surface area contributed by atoms with Crippen LogP contribution in [0.1, 0.15) is 11.3 Å². The fraction of sp³-hybridized carbons (Fsp3) is 0.550. The number of aryl methyl sites for hydroxylation is 1. The molecule has 1 aromatic carbocycles. The minimum atomic E-state index is 0.517. The van der Waals surface area contributed by atoms with E-state index in [1.807, 2.05) is 7.05 Å². The van der Waals surface area contributed by atoms with Crippen molar-refractivity contribution in [3.05, 3.63) is 35.5 Å². The molecule has 6 nitrogen and oxygen atoms in total. The first kappa shape index (κ1) is 18.7. The van der Waals surface area contributed by atoms with Gasteiger partial charge in [0.2, 0.25) is 0 Å². The van der Waals surface area contributed by atoms with Crippen molar-refractivity contribution in [1.29, 1.82) is 0 Å². The van der Waals surface area contributed by atoms with Crippen LogP contribution in [-0.2, 0) is 6.42 Å². The number of likely N-dealkylation sites (N-methyl/N-ethyl adjacent to an activating group) is 2. The van der Waals surface area contributed by atoms with Crippen LogP contribution in [0, 0.1) is 6.92 Å². The van der Waals surface area contributed by atoms with Gasteiger partial charge in [0, 0.05) is 62.4 Å². The lowest BCUT2D eigenvalue weighted by Gasteiger charge is -2.37. The van der Waals surface area contributed by atoms with Gasteiger partial charge in [0.25, 0.3) is 0 Å². The van der Waals surface area contributed by atoms with Crippen LogP contribution in [0.25, 0.3) is 10.9 Å². The molecule has 1 fully saturated rings. The van der Waals surface area contributed by atoms with Crippen LogP contribution in [-0.4, -0.2) is 80.7 Å². The zero-order valence-electron chi connectivity index (χ0n) is 16.5. The lowest BCUT2D eigenvalue weighted by atomic mass is 10.1. The Hall–Kier alpha value is -2.05. The van der Waals surface area contributed by atoms with Crippen molar-refractivity contribution in [3.63, 3.8) is 0 Å². The summed E-state index contributed by atoms with van der Waals surface area (Å²) in [4.78, 5) is 12.7. The number of aromatic nitrogens is 1. The van der Waals surface area contributed by atoms with Gasteiger partial charge in [0.1, 0.15) is 0 Å². The van der Waals surface area contributed by atoms with E-state index in [4.69, 9.17) is 0 Å². The summed E-state index contributed by atoms with van der Waals surface area (Å²) in [5, 5.41) is 8.26. The number of fused-ring (bicyclic) bond motifs is 1. The number of piperazine rings is 1. The summed E-state index contributed by atoms with van der Waals surface area (Å²) >= 11 is 0. The second kappa shape index (κ2) is 8.56. The SMILES string of the molecule is CN=C(NCCc1c(C)[nH]c2ccccc12)NCC1CN(C)CCN1C. The third kappa shape index (κ3) is 4.37. The van der Waals surface area contributed by atoms with E-state index in [1.54, 1.807) is 0 Å². The molecule has 0 bridgehead atoms. The Balaban J connectivity index is 1.50. The van der Waals surface area contributed by atoms with Gasteiger partial charge in [0.15, 0.2) is 5.96 Å². The maximum atomic E-state index is 4.37. The van der Waals surface area contributed by atoms with Gasteiger partial charge in [-0.15, -0.1) is 0 Å². The number of nitrogens with one attached hydrogen (secondary N) is 3. The quantitative estimate of drug-likeness (QED) is 0.560. The van der Waals surface area contributed by atoms with Crippen molar-refractivity contribution in [2.45, 2.75) is 19.4 Å². The van der Waals surface area contributed by atoms with Gasteiger partial charge in [-0.3, -0.25) is 9.89 Å². The lowest BCUT2D eigenvalue weighted by molar-refractivity contribution is 0.116. The average Bonchev–Trinajstić information content (AvgIpc) is 2.96. The molecule has 2 aromatic rings. The standard InChI is InChI=1S/C20H32N6/c1-15-17(18-7-5-6-8-19(18)24-15)9-10-22-20(21-2)23-13-16-14-25(3)11-12-26(16)4/h5-8,16,24H,9-14H2,1-4H3,(H2,21,22,23). The van der Waals surface area contributed by atoms with Crippen LogP contribution in [0.5, 0.6) is 0 Å². The fourth-order valence-electron chi connectivity index (χ4n) is 3.72. The summed E-state index contributed by atoms with van der Waals surface area (Å²) < 4.78 is 0. The molecule has 0 aliphatic carbocycles. The number of aliphatic imine (C=N–C) groups is 1. The van der Waals surface area contributed by atoms with E-state index in [-0.39, 0.29) is 0 Å². The van der Waals surface area contributed by atoms with Crippen molar-refractivity contribution in [2.24, 2.45) is 4.99 Å². The van der Waals surface area contributed by atoms with Gasteiger partial charge < -0.3 is 20.5 Å². The average molecular weight is 357 g/mol. The van der Waals surface area contributed by atoms with Crippen LogP contribution >= 0.6 is 0 Å². The van der Waals surface area contributed by atoms with Crippen LogP contribution in [0.3, 0.4) is 0 Å². The minimum absolute atomic E-state index is 0.517. The first-order chi connectivity index (χ1) is 12.6. The highest BCUT2D eigenvalue weighted by molar-refractivity contribution is 5.84. The molecule has 1 atom stereocenters. The molecule has 142 valence electrons. The Morgan fingerprint density at radius 3 is 2.85 bits per heavy atom. The second-order valence-electron chi connectivity index (χ2n) is 7.30. The first-order valence-corrected chi connectivity index (χ1v) is 9.48. The number of rotatable bonds is 5. The zero-order chi connectivity index (χ0) is 18.5. The number of H-pyrrole nitrogens is 1. The normalized spacial score (nSPS) is 19.8. The van der Waals surface area contributed by atoms with E-state index < -0.39 is 0 Å². The van der Waals surface area contributed by atoms with Crippen molar-refractivity contribution in [1.82, 2.24) is 25.4 Å². The molecular formula is C20H32N6. The number of aromatic amines is 1. The Morgan fingerprint density at radius 1 is 1.23 bits per heavy atom. The molecule has 1 saturated heterocycles. The molecule has 1 aliphatic heterocycles. The van der Waals surface area contributed by atoms with Gasteiger partial charge >= 0.3 is 0 Å². The molecule has 0 spiro atoms. The van der Waals surface area contributed by atoms with Crippen molar-refractivity contribution in [2.75, 3.05) is 53.9 Å². The summed E-state index contributed by atoms with van der Waals surface area (Å²) in [6, 6.07) is 9.02. The minimum Gasteiger partial charge on any atom is -0.358 e. The number of nitrogens with zero attached hydrogens (tertiary/aromatic N) is 3. The predicted molar refractivity (Wildman–Crippen MR) is 110 cm³/mol. The molecule has 0 saturated carbocycles. The Labute approximate surface area is 156 Å². The van der Waals surface area contributed by atoms with Gasteiger partial charge in [0.05, 0.1) is 0 Å². The second-order valence-corrected chi connectivity index (χ2v) is 7.30. The molecule has 26 heavy (non-hydrogen) atoms. The smallest absolute Gasteiger partial charge is 0.191 e. The number of para-hydroxylation sites is 1. The molecular weight excluding hydrogens is 324 g/mol. The van der Waals surface area contributed by atoms with Crippen LogP contribution in [0.2, 0.25) is 0 Å². The highest BCUT2D eigenvalue weighted by atomic mass is 15.3. The van der Waals surface area contributed by atoms with E-state index in [1.165, 1.54) is 22.2 Å². The number of hydrogen-bond acceptors (Lipinski definition) is 3. The van der Waals surface area contributed by atoms with Gasteiger partial charge in [-0.25, -0.2) is 0 Å². The topological polar surface area (TPSA) is 58.7 Å². The van der Waals surface area contributed by atoms with Crippen LogP contribution < -0.4 is 10.6 Å². The molecule has 1 unspecified atom stereocenters. The maximum Gasteiger partial charge on any atom is 0.191 e. The molecule has 0 radical (unpaired) electrons. The van der Waals surface area contributed by atoms with Crippen LogP contribution in [0.4, 0.5) is 0 Å². The van der Waals surface area contributed by atoms with Crippen molar-refractivity contribution in [3.8, 4) is 0 Å². The highest BCUT2D eigenvalue weighted by Crippen LogP contribution is 2.21. The summed E-state index contributed by atoms with van der Waals surface area (Å²) in [5.74, 6) is 0.879. The molecule has 3 N–H and O–H groups in total. The van der Waals surface area contributed by atoms with E-state index in [0.717, 1.165) is 45.1 Å². The monoisotopic (exact) mass is 356 g/mol. The molecule has 3 rings (SSSR count). The Bertz CT molecular complexity index is 750. The van der Waals surface area contributed by atoms with Crippen LogP contribution in [0.15, 0.2) is 29.3 Å². The van der Waals surface area contributed by atoms with E-state index in [9.17, 15) is 0 Å². The molecule has 1 aromatic heterocycles. The fourth-order valence-corrected chi connectivity index (χ4v) is 3.72. The van der Waals surface area contributed by atoms with Crippen molar-refractivity contribution >= 4 is 16.9 Å². The summed E-state index contributed by atoms with van der Waals surface area (Å²) in [5.41, 5.74) is 3.85. The summed E-state index contributed by atoms with van der Waals surface area (Å²) in [6.45, 7) is 7.28. The molecule has 0 amide bonds. The predicted octanol–water partition coefficient (Wildman–Crippen LogP) is 1.43. The van der Waals surface area contributed by atoms with E-state index in [0.29, 0.717) is 6.04 Å². The largest absolute Gasteiger partial charge is 0.358 e. The van der Waals surface area contributed by atoms with Gasteiger partial charge in [-0.2, -0.15) is 0 Å². The summed E-state index contributed by atoms with van der Waals surface area (Å²) in [7, 11) is 6.23. The molecule has 2 heterocycles.